The lowest BCUT2D eigenvalue weighted by Gasteiger charge is -2.19. The highest BCUT2D eigenvalue weighted by Gasteiger charge is 2.36. The molecule has 0 saturated heterocycles. The lowest BCUT2D eigenvalue weighted by Crippen LogP contribution is -2.25. The maximum atomic E-state index is 13.2. The highest BCUT2D eigenvalue weighted by molar-refractivity contribution is 8.00. The number of alkyl halides is 3. The number of ketones is 1. The third-order valence-electron chi connectivity index (χ3n) is 4.38. The van der Waals surface area contributed by atoms with Crippen molar-refractivity contribution in [1.29, 1.82) is 0 Å². The first kappa shape index (κ1) is 20.1. The Balaban J connectivity index is 1.64. The highest BCUT2D eigenvalue weighted by atomic mass is 32.2. The van der Waals surface area contributed by atoms with Crippen molar-refractivity contribution in [3.05, 3.63) is 53.9 Å². The van der Waals surface area contributed by atoms with Gasteiger partial charge in [0.25, 0.3) is 5.91 Å². The van der Waals surface area contributed by atoms with Crippen molar-refractivity contribution in [1.82, 2.24) is 9.97 Å². The Bertz CT molecular complexity index is 1170. The van der Waals surface area contributed by atoms with Gasteiger partial charge >= 0.3 is 6.18 Å². The largest absolute Gasteiger partial charge is 0.482 e. The predicted molar refractivity (Wildman–Crippen MR) is 105 cm³/mol. The fourth-order valence-corrected chi connectivity index (χ4v) is 3.97. The lowest BCUT2D eigenvalue weighted by molar-refractivity contribution is -0.145. The number of amides is 1. The number of benzene rings is 2. The molecule has 1 amide bonds. The Morgan fingerprint density at radius 1 is 1.20 bits per heavy atom. The van der Waals surface area contributed by atoms with Crippen LogP contribution in [-0.4, -0.2) is 33.5 Å². The molecule has 4 rings (SSSR count). The Morgan fingerprint density at radius 2 is 1.97 bits per heavy atom. The number of halogens is 3. The average molecular weight is 433 g/mol. The van der Waals surface area contributed by atoms with Gasteiger partial charge in [0.2, 0.25) is 5.82 Å². The molecule has 30 heavy (non-hydrogen) atoms. The number of ether oxygens (including phenoxy) is 1. The third-order valence-corrected chi connectivity index (χ3v) is 5.48. The molecule has 1 aliphatic rings. The molecule has 0 bridgehead atoms. The SMILES string of the molecule is C[C@@H](Sc1nc(C(F)(F)F)nc2ccccc12)C(=O)c1ccc2c(c1)NC(=O)CO2. The Labute approximate surface area is 172 Å². The van der Waals surface area contributed by atoms with Gasteiger partial charge in [0, 0.05) is 10.9 Å². The summed E-state index contributed by atoms with van der Waals surface area (Å²) in [5.41, 5.74) is 0.825. The van der Waals surface area contributed by atoms with Crippen molar-refractivity contribution in [3.63, 3.8) is 0 Å². The summed E-state index contributed by atoms with van der Waals surface area (Å²) in [6.45, 7) is 1.49. The third kappa shape index (κ3) is 3.95. The minimum Gasteiger partial charge on any atom is -0.482 e. The maximum absolute atomic E-state index is 13.2. The van der Waals surface area contributed by atoms with Crippen molar-refractivity contribution in [2.24, 2.45) is 0 Å². The molecule has 0 fully saturated rings. The first-order valence-corrected chi connectivity index (χ1v) is 9.72. The summed E-state index contributed by atoms with van der Waals surface area (Å²) in [6.07, 6.45) is -4.71. The number of nitrogens with zero attached hydrogens (tertiary/aromatic N) is 2. The van der Waals surface area contributed by atoms with Gasteiger partial charge in [0.15, 0.2) is 12.4 Å². The molecule has 1 aromatic heterocycles. The van der Waals surface area contributed by atoms with E-state index in [9.17, 15) is 22.8 Å². The fraction of sp³-hybridized carbons (Fsp3) is 0.200. The normalized spacial score (nSPS) is 14.6. The van der Waals surface area contributed by atoms with Gasteiger partial charge in [-0.2, -0.15) is 13.2 Å². The summed E-state index contributed by atoms with van der Waals surface area (Å²) in [6, 6.07) is 10.9. The van der Waals surface area contributed by atoms with E-state index < -0.39 is 17.3 Å². The Morgan fingerprint density at radius 3 is 2.73 bits per heavy atom. The maximum Gasteiger partial charge on any atom is 0.451 e. The van der Waals surface area contributed by atoms with Crippen LogP contribution in [0.4, 0.5) is 18.9 Å². The molecule has 3 aromatic rings. The topological polar surface area (TPSA) is 81.2 Å². The van der Waals surface area contributed by atoms with Crippen LogP contribution in [-0.2, 0) is 11.0 Å². The predicted octanol–water partition coefficient (Wildman–Crippen LogP) is 4.34. The molecule has 0 spiro atoms. The van der Waals surface area contributed by atoms with Gasteiger partial charge in [-0.15, -0.1) is 0 Å². The zero-order valence-corrected chi connectivity index (χ0v) is 16.3. The molecule has 2 aromatic carbocycles. The van der Waals surface area contributed by atoms with Crippen LogP contribution in [0.2, 0.25) is 0 Å². The number of nitrogens with one attached hydrogen (secondary N) is 1. The van der Waals surface area contributed by atoms with Crippen LogP contribution < -0.4 is 10.1 Å². The molecule has 154 valence electrons. The summed E-state index contributed by atoms with van der Waals surface area (Å²) in [7, 11) is 0. The van der Waals surface area contributed by atoms with Crippen molar-refractivity contribution in [3.8, 4) is 5.75 Å². The van der Waals surface area contributed by atoms with Gasteiger partial charge in [-0.25, -0.2) is 9.97 Å². The van der Waals surface area contributed by atoms with E-state index in [0.717, 1.165) is 11.8 Å². The van der Waals surface area contributed by atoms with E-state index in [1.54, 1.807) is 37.3 Å². The molecule has 0 aliphatic carbocycles. The van der Waals surface area contributed by atoms with Crippen LogP contribution in [0.5, 0.6) is 5.75 Å². The van der Waals surface area contributed by atoms with Crippen molar-refractivity contribution >= 4 is 40.0 Å². The second-order valence-corrected chi connectivity index (χ2v) is 7.87. The number of anilines is 1. The first-order valence-electron chi connectivity index (χ1n) is 8.84. The van der Waals surface area contributed by atoms with Gasteiger partial charge in [-0.3, -0.25) is 9.59 Å². The molecule has 0 radical (unpaired) electrons. The molecule has 2 heterocycles. The smallest absolute Gasteiger partial charge is 0.451 e. The van der Waals surface area contributed by atoms with E-state index in [1.807, 2.05) is 0 Å². The lowest BCUT2D eigenvalue weighted by atomic mass is 10.1. The van der Waals surface area contributed by atoms with Crippen LogP contribution in [0.3, 0.4) is 0 Å². The van der Waals surface area contributed by atoms with Gasteiger partial charge in [-0.05, 0) is 31.2 Å². The van der Waals surface area contributed by atoms with Crippen LogP contribution in [0.25, 0.3) is 10.9 Å². The summed E-state index contributed by atoms with van der Waals surface area (Å²) in [4.78, 5) is 31.6. The Kier molecular flexibility index (Phi) is 5.10. The van der Waals surface area contributed by atoms with E-state index in [-0.39, 0.29) is 28.8 Å². The number of para-hydroxylation sites is 1. The van der Waals surface area contributed by atoms with Gasteiger partial charge in [0.1, 0.15) is 10.8 Å². The van der Waals surface area contributed by atoms with E-state index in [2.05, 4.69) is 15.3 Å². The highest BCUT2D eigenvalue weighted by Crippen LogP contribution is 2.35. The summed E-state index contributed by atoms with van der Waals surface area (Å²) >= 11 is 0.925. The minimum absolute atomic E-state index is 0.0726. The van der Waals surface area contributed by atoms with Gasteiger partial charge in [0.05, 0.1) is 16.5 Å². The number of carbonyl (C=O) groups excluding carboxylic acids is 2. The van der Waals surface area contributed by atoms with E-state index >= 15 is 0 Å². The van der Waals surface area contributed by atoms with Crippen LogP contribution in [0.15, 0.2) is 47.5 Å². The minimum atomic E-state index is -4.71. The van der Waals surface area contributed by atoms with Gasteiger partial charge in [-0.1, -0.05) is 30.0 Å². The quantitative estimate of drug-likeness (QED) is 0.375. The van der Waals surface area contributed by atoms with Crippen molar-refractivity contribution in [2.75, 3.05) is 11.9 Å². The number of hydrogen-bond donors (Lipinski definition) is 1. The summed E-state index contributed by atoms with van der Waals surface area (Å²) in [5, 5.41) is 2.39. The number of carbonyl (C=O) groups is 2. The van der Waals surface area contributed by atoms with E-state index in [1.165, 1.54) is 12.1 Å². The standard InChI is InChI=1S/C20H14F3N3O3S/c1-10(17(28)11-6-7-15-14(8-11)24-16(27)9-29-15)30-18-12-4-2-3-5-13(12)25-19(26-18)20(21,22)23/h2-8,10H,9H2,1H3,(H,24,27)/t10-/m1/s1. The number of hydrogen-bond acceptors (Lipinski definition) is 6. The fourth-order valence-electron chi connectivity index (χ4n) is 2.96. The monoisotopic (exact) mass is 433 g/mol. The van der Waals surface area contributed by atoms with Gasteiger partial charge < -0.3 is 10.1 Å². The second kappa shape index (κ2) is 7.60. The summed E-state index contributed by atoms with van der Waals surface area (Å²) < 4.78 is 44.9. The zero-order chi connectivity index (χ0) is 21.5. The van der Waals surface area contributed by atoms with Crippen LogP contribution in [0, 0.1) is 0 Å². The molecule has 10 heteroatoms. The molecule has 1 N–H and O–H groups in total. The van der Waals surface area contributed by atoms with Crippen molar-refractivity contribution < 1.29 is 27.5 Å². The average Bonchev–Trinajstić information content (AvgIpc) is 2.71. The molecule has 0 saturated carbocycles. The van der Waals surface area contributed by atoms with Crippen LogP contribution in [0.1, 0.15) is 23.1 Å². The molecular weight excluding hydrogens is 419 g/mol. The second-order valence-electron chi connectivity index (χ2n) is 6.54. The molecule has 1 aliphatic heterocycles. The summed E-state index contributed by atoms with van der Waals surface area (Å²) in [5.74, 6) is -1.46. The molecule has 0 unspecified atom stereocenters. The van der Waals surface area contributed by atoms with E-state index in [4.69, 9.17) is 4.74 Å². The molecular formula is C20H14F3N3O3S. The Hall–Kier alpha value is -3.14. The van der Waals surface area contributed by atoms with Crippen molar-refractivity contribution in [2.45, 2.75) is 23.4 Å². The zero-order valence-electron chi connectivity index (χ0n) is 15.5. The first-order chi connectivity index (χ1) is 14.2. The number of thioether (sulfide) groups is 1. The van der Waals surface area contributed by atoms with E-state index in [0.29, 0.717) is 22.4 Å². The molecule has 1 atom stereocenters. The number of Topliss-reactive ketones (excluding diaryl/α,β-unsaturated/α-hetero) is 1. The molecule has 6 nitrogen and oxygen atoms in total. The van der Waals surface area contributed by atoms with Crippen LogP contribution >= 0.6 is 11.8 Å². The number of aromatic nitrogens is 2. The number of fused-ring (bicyclic) bond motifs is 2. The number of rotatable bonds is 4.